The molecule has 0 bridgehead atoms. The second-order valence-electron chi connectivity index (χ2n) is 7.00. The Balaban J connectivity index is 1.88. The lowest BCUT2D eigenvalue weighted by atomic mass is 9.71. The number of esters is 1. The van der Waals surface area contributed by atoms with E-state index < -0.39 is 41.3 Å². The third kappa shape index (κ3) is 3.25. The maximum Gasteiger partial charge on any atom is 0.326 e. The van der Waals surface area contributed by atoms with E-state index in [0.29, 0.717) is 10.5 Å². The minimum absolute atomic E-state index is 0.0891. The number of para-hydroxylation sites is 1. The Kier molecular flexibility index (Phi) is 5.02. The number of carbonyl (C=O) groups is 4. The predicted molar refractivity (Wildman–Crippen MR) is 108 cm³/mol. The van der Waals surface area contributed by atoms with Crippen LogP contribution >= 0.6 is 11.3 Å². The van der Waals surface area contributed by atoms with Gasteiger partial charge >= 0.3 is 5.97 Å². The average molecular weight is 441 g/mol. The second-order valence-corrected chi connectivity index (χ2v) is 8.12. The van der Waals surface area contributed by atoms with Crippen LogP contribution in [0.4, 0.5) is 4.39 Å². The van der Waals surface area contributed by atoms with Crippen molar-refractivity contribution in [2.24, 2.45) is 5.73 Å². The maximum absolute atomic E-state index is 14.0. The number of methoxy groups -OCH3 is 1. The summed E-state index contributed by atoms with van der Waals surface area (Å²) in [5, 5.41) is 0.450. The molecule has 1 aliphatic heterocycles. The fraction of sp³-hybridized carbons (Fsp3) is 0.190. The Labute approximate surface area is 179 Å². The van der Waals surface area contributed by atoms with Crippen LogP contribution in [0.15, 0.2) is 42.5 Å². The summed E-state index contributed by atoms with van der Waals surface area (Å²) in [4.78, 5) is 56.6. The number of hydrogen-bond acceptors (Lipinski definition) is 7. The van der Waals surface area contributed by atoms with Crippen LogP contribution in [0.3, 0.4) is 0 Å². The fourth-order valence-electron chi connectivity index (χ4n) is 3.78. The molecule has 3 aromatic rings. The molecule has 31 heavy (non-hydrogen) atoms. The van der Waals surface area contributed by atoms with Crippen molar-refractivity contribution in [1.82, 2.24) is 9.88 Å². The Morgan fingerprint density at radius 3 is 2.65 bits per heavy atom. The van der Waals surface area contributed by atoms with Gasteiger partial charge in [-0.25, -0.2) is 9.37 Å². The van der Waals surface area contributed by atoms with Gasteiger partial charge in [-0.1, -0.05) is 12.1 Å². The Morgan fingerprint density at radius 1 is 1.23 bits per heavy atom. The van der Waals surface area contributed by atoms with Crippen LogP contribution in [0.2, 0.25) is 0 Å². The molecule has 0 saturated heterocycles. The highest BCUT2D eigenvalue weighted by atomic mass is 32.1. The molecular weight excluding hydrogens is 425 g/mol. The number of aromatic nitrogens is 1. The lowest BCUT2D eigenvalue weighted by Crippen LogP contribution is -2.59. The molecule has 8 nitrogen and oxygen atoms in total. The van der Waals surface area contributed by atoms with Crippen LogP contribution in [0, 0.1) is 5.82 Å². The Morgan fingerprint density at radius 2 is 1.97 bits per heavy atom. The van der Waals surface area contributed by atoms with E-state index in [-0.39, 0.29) is 17.7 Å². The van der Waals surface area contributed by atoms with Gasteiger partial charge in [-0.05, 0) is 35.9 Å². The zero-order valence-electron chi connectivity index (χ0n) is 16.3. The monoisotopic (exact) mass is 441 g/mol. The van der Waals surface area contributed by atoms with E-state index in [9.17, 15) is 23.6 Å². The Hall–Kier alpha value is -3.66. The third-order valence-corrected chi connectivity index (χ3v) is 6.15. The molecule has 2 N–H and O–H groups in total. The number of imide groups is 1. The number of thiazole rings is 1. The summed E-state index contributed by atoms with van der Waals surface area (Å²) in [6.07, 6.45) is -0.779. The van der Waals surface area contributed by atoms with Gasteiger partial charge in [-0.2, -0.15) is 0 Å². The normalized spacial score (nSPS) is 18.2. The molecule has 1 aliphatic rings. The van der Waals surface area contributed by atoms with E-state index in [0.717, 1.165) is 28.8 Å². The van der Waals surface area contributed by atoms with Crippen molar-refractivity contribution in [3.05, 3.63) is 64.4 Å². The molecule has 2 aromatic carbocycles. The van der Waals surface area contributed by atoms with E-state index in [1.54, 1.807) is 6.07 Å². The molecule has 10 heteroatoms. The molecule has 2 heterocycles. The highest BCUT2D eigenvalue weighted by Gasteiger charge is 2.58. The molecule has 0 radical (unpaired) electrons. The molecule has 158 valence electrons. The van der Waals surface area contributed by atoms with Crippen LogP contribution < -0.4 is 5.73 Å². The molecular formula is C21H16FN3O5S. The topological polar surface area (TPSA) is 120 Å². The number of fused-ring (bicyclic) bond motifs is 2. The van der Waals surface area contributed by atoms with Crippen LogP contribution in [0.1, 0.15) is 27.3 Å². The molecule has 0 aliphatic carbocycles. The van der Waals surface area contributed by atoms with E-state index in [1.165, 1.54) is 17.4 Å². The van der Waals surface area contributed by atoms with Gasteiger partial charge in [0.05, 0.1) is 30.3 Å². The lowest BCUT2D eigenvalue weighted by molar-refractivity contribution is -0.158. The van der Waals surface area contributed by atoms with E-state index in [1.807, 2.05) is 18.2 Å². The van der Waals surface area contributed by atoms with Crippen molar-refractivity contribution in [3.8, 4) is 0 Å². The highest BCUT2D eigenvalue weighted by molar-refractivity contribution is 7.18. The highest BCUT2D eigenvalue weighted by Crippen LogP contribution is 2.40. The van der Waals surface area contributed by atoms with E-state index in [4.69, 9.17) is 10.5 Å². The Bertz CT molecular complexity index is 1220. The van der Waals surface area contributed by atoms with Crippen molar-refractivity contribution in [2.75, 3.05) is 7.11 Å². The molecule has 0 fully saturated rings. The van der Waals surface area contributed by atoms with Crippen molar-refractivity contribution in [3.63, 3.8) is 0 Å². The zero-order chi connectivity index (χ0) is 22.3. The molecule has 1 aromatic heterocycles. The van der Waals surface area contributed by atoms with Crippen LogP contribution in [-0.2, 0) is 31.1 Å². The van der Waals surface area contributed by atoms with Crippen LogP contribution in [0.25, 0.3) is 10.2 Å². The smallest absolute Gasteiger partial charge is 0.326 e. The predicted octanol–water partition coefficient (Wildman–Crippen LogP) is 1.90. The molecule has 1 unspecified atom stereocenters. The quantitative estimate of drug-likeness (QED) is 0.367. The van der Waals surface area contributed by atoms with Gasteiger partial charge in [0.25, 0.3) is 11.8 Å². The van der Waals surface area contributed by atoms with Crippen molar-refractivity contribution in [1.29, 1.82) is 0 Å². The number of halogens is 1. The minimum Gasteiger partial charge on any atom is -0.468 e. The summed E-state index contributed by atoms with van der Waals surface area (Å²) >= 11 is 1.28. The fourth-order valence-corrected chi connectivity index (χ4v) is 4.74. The summed E-state index contributed by atoms with van der Waals surface area (Å²) in [6.45, 7) is -0.231. The molecule has 4 rings (SSSR count). The number of hydrogen-bond donors (Lipinski definition) is 1. The summed E-state index contributed by atoms with van der Waals surface area (Å²) in [5.74, 6) is -4.62. The standard InChI is InChI=1S/C21H16FN3O5S/c1-30-20(29)21(9-16(23)26)13-8-11(22)6-7-12(13)18(27)25(19(21)28)10-17-24-14-4-2-3-5-15(14)31-17/h2-8H,9-10H2,1H3,(H2,23,26). The number of nitrogens with two attached hydrogens (primary N) is 1. The first-order valence-corrected chi connectivity index (χ1v) is 9.97. The largest absolute Gasteiger partial charge is 0.468 e. The first kappa shape index (κ1) is 20.6. The summed E-state index contributed by atoms with van der Waals surface area (Å²) in [6, 6.07) is 10.4. The number of amides is 3. The van der Waals surface area contributed by atoms with Gasteiger partial charge in [0.2, 0.25) is 5.91 Å². The average Bonchev–Trinajstić information content (AvgIpc) is 3.16. The van der Waals surface area contributed by atoms with Crippen molar-refractivity contribution in [2.45, 2.75) is 18.4 Å². The number of benzene rings is 2. The molecule has 0 spiro atoms. The summed E-state index contributed by atoms with van der Waals surface area (Å²) < 4.78 is 19.7. The molecule has 1 atom stereocenters. The van der Waals surface area contributed by atoms with Gasteiger partial charge in [0.15, 0.2) is 5.41 Å². The van der Waals surface area contributed by atoms with Crippen LogP contribution in [-0.4, -0.2) is 40.7 Å². The SMILES string of the molecule is COC(=O)C1(CC(N)=O)C(=O)N(Cc2nc3ccccc3s2)C(=O)c2ccc(F)cc21. The van der Waals surface area contributed by atoms with Gasteiger partial charge in [0, 0.05) is 5.56 Å². The van der Waals surface area contributed by atoms with E-state index >= 15 is 0 Å². The van der Waals surface area contributed by atoms with Crippen molar-refractivity contribution < 1.29 is 28.3 Å². The van der Waals surface area contributed by atoms with Gasteiger partial charge < -0.3 is 10.5 Å². The van der Waals surface area contributed by atoms with E-state index in [2.05, 4.69) is 4.98 Å². The van der Waals surface area contributed by atoms with Crippen molar-refractivity contribution >= 4 is 45.2 Å². The van der Waals surface area contributed by atoms with Crippen LogP contribution in [0.5, 0.6) is 0 Å². The lowest BCUT2D eigenvalue weighted by Gasteiger charge is -2.39. The third-order valence-electron chi connectivity index (χ3n) is 5.13. The summed E-state index contributed by atoms with van der Waals surface area (Å²) in [5.41, 5.74) is 3.42. The summed E-state index contributed by atoms with van der Waals surface area (Å²) in [7, 11) is 1.03. The number of carbonyl (C=O) groups excluding carboxylic acids is 4. The first-order chi connectivity index (χ1) is 14.8. The number of primary amides is 1. The number of ether oxygens (including phenoxy) is 1. The maximum atomic E-state index is 14.0. The molecule has 0 saturated carbocycles. The second kappa shape index (κ2) is 7.55. The minimum atomic E-state index is -2.28. The van der Waals surface area contributed by atoms with Gasteiger partial charge in [-0.3, -0.25) is 24.1 Å². The molecule has 3 amide bonds. The zero-order valence-corrected chi connectivity index (χ0v) is 17.1. The first-order valence-electron chi connectivity index (χ1n) is 9.15. The van der Waals surface area contributed by atoms with Gasteiger partial charge in [-0.15, -0.1) is 11.3 Å². The number of nitrogens with zero attached hydrogens (tertiary/aromatic N) is 2. The van der Waals surface area contributed by atoms with Gasteiger partial charge in [0.1, 0.15) is 10.8 Å². The number of rotatable bonds is 5.